The van der Waals surface area contributed by atoms with Crippen LogP contribution in [0.2, 0.25) is 0 Å². The number of carbonyl (C=O) groups is 1. The highest BCUT2D eigenvalue weighted by Crippen LogP contribution is 2.41. The van der Waals surface area contributed by atoms with Crippen LogP contribution >= 0.6 is 15.9 Å². The lowest BCUT2D eigenvalue weighted by atomic mass is 10.1. The number of rotatable bonds is 5. The van der Waals surface area contributed by atoms with Gasteiger partial charge in [0.15, 0.2) is 12.1 Å². The minimum absolute atomic E-state index is 0.296. The highest BCUT2D eigenvalue weighted by Gasteiger charge is 2.58. The molecule has 0 spiro atoms. The van der Waals surface area contributed by atoms with Crippen molar-refractivity contribution in [3.8, 4) is 0 Å². The van der Waals surface area contributed by atoms with Crippen molar-refractivity contribution >= 4 is 21.9 Å². The summed E-state index contributed by atoms with van der Waals surface area (Å²) in [5, 5.41) is 9.07. The molecule has 0 radical (unpaired) electrons. The number of halogens is 1. The summed E-state index contributed by atoms with van der Waals surface area (Å²) in [6.45, 7) is 7.41. The van der Waals surface area contributed by atoms with Gasteiger partial charge in [0.25, 0.3) is 0 Å². The molecule has 0 bridgehead atoms. The molecule has 0 aliphatic carbocycles. The topological polar surface area (TPSA) is 74.2 Å². The summed E-state index contributed by atoms with van der Waals surface area (Å²) in [4.78, 5) is 10.2. The lowest BCUT2D eigenvalue weighted by molar-refractivity contribution is -0.230. The molecule has 6 nitrogen and oxygen atoms in total. The first-order valence-electron chi connectivity index (χ1n) is 5.96. The molecule has 0 amide bonds. The molecule has 108 valence electrons. The van der Waals surface area contributed by atoms with Gasteiger partial charge in [-0.2, -0.15) is 0 Å². The van der Waals surface area contributed by atoms with Gasteiger partial charge in [-0.05, 0) is 13.8 Å². The van der Waals surface area contributed by atoms with Crippen LogP contribution < -0.4 is 0 Å². The lowest BCUT2D eigenvalue weighted by Gasteiger charge is -2.24. The fourth-order valence-electron chi connectivity index (χ4n) is 2.26. The Morgan fingerprint density at radius 1 is 1.53 bits per heavy atom. The average molecular weight is 337 g/mol. The van der Waals surface area contributed by atoms with Gasteiger partial charge in [-0.25, -0.2) is 0 Å². The molecular weight excluding hydrogens is 320 g/mol. The normalized spacial score (nSPS) is 37.8. The Kier molecular flexibility index (Phi) is 4.32. The molecule has 0 saturated carbocycles. The monoisotopic (exact) mass is 336 g/mol. The zero-order chi connectivity index (χ0) is 14.2. The van der Waals surface area contributed by atoms with Crippen LogP contribution in [0, 0.1) is 0 Å². The summed E-state index contributed by atoms with van der Waals surface area (Å²) < 4.78 is 22.5. The molecule has 2 fully saturated rings. The Hall–Kier alpha value is -0.470. The van der Waals surface area contributed by atoms with Crippen LogP contribution in [-0.2, 0) is 23.7 Å². The van der Waals surface area contributed by atoms with Gasteiger partial charge in [-0.3, -0.25) is 4.79 Å². The third-order valence-corrected chi connectivity index (χ3v) is 3.86. The number of ether oxygens (including phenoxy) is 4. The first-order chi connectivity index (χ1) is 8.85. The zero-order valence-electron chi connectivity index (χ0n) is 10.7. The predicted octanol–water partition coefficient (Wildman–Crippen LogP) is 1.28. The van der Waals surface area contributed by atoms with Crippen molar-refractivity contribution in [2.24, 2.45) is 0 Å². The van der Waals surface area contributed by atoms with Crippen molar-refractivity contribution in [1.82, 2.24) is 0 Å². The van der Waals surface area contributed by atoms with Gasteiger partial charge in [-0.1, -0.05) is 22.0 Å². The standard InChI is InChI=1S/C12H17BrO6/c1-4-5-16-11-9-8(18-12(2,3)19-9)7(17-11)6(13)10(14)15/h4,6-9,11H,1,5H2,2-3H3,(H,14,15)/t6-,7+,8+,9+,11+/m0/s1. The molecule has 7 heteroatoms. The molecule has 2 saturated heterocycles. The van der Waals surface area contributed by atoms with E-state index in [0.29, 0.717) is 6.61 Å². The van der Waals surface area contributed by atoms with Gasteiger partial charge in [-0.15, -0.1) is 6.58 Å². The maximum absolute atomic E-state index is 11.1. The summed E-state index contributed by atoms with van der Waals surface area (Å²) in [7, 11) is 0. The maximum Gasteiger partial charge on any atom is 0.320 e. The maximum atomic E-state index is 11.1. The van der Waals surface area contributed by atoms with Crippen molar-refractivity contribution < 1.29 is 28.8 Å². The average Bonchev–Trinajstić information content (AvgIpc) is 2.79. The molecule has 2 aliphatic heterocycles. The van der Waals surface area contributed by atoms with Crippen LogP contribution in [0.1, 0.15) is 13.8 Å². The number of fused-ring (bicyclic) bond motifs is 1. The fraction of sp³-hybridized carbons (Fsp3) is 0.750. The van der Waals surface area contributed by atoms with Crippen molar-refractivity contribution in [3.05, 3.63) is 12.7 Å². The lowest BCUT2D eigenvalue weighted by Crippen LogP contribution is -2.39. The van der Waals surface area contributed by atoms with Crippen molar-refractivity contribution in [1.29, 1.82) is 0 Å². The molecule has 2 rings (SSSR count). The number of hydrogen-bond acceptors (Lipinski definition) is 5. The van der Waals surface area contributed by atoms with Crippen molar-refractivity contribution in [2.45, 2.75) is 49.1 Å². The largest absolute Gasteiger partial charge is 0.480 e. The summed E-state index contributed by atoms with van der Waals surface area (Å²) >= 11 is 3.10. The van der Waals surface area contributed by atoms with E-state index in [1.165, 1.54) is 0 Å². The van der Waals surface area contributed by atoms with Crippen LogP contribution in [0.25, 0.3) is 0 Å². The summed E-state index contributed by atoms with van der Waals surface area (Å²) in [5.74, 6) is -1.79. The van der Waals surface area contributed by atoms with E-state index in [4.69, 9.17) is 24.1 Å². The van der Waals surface area contributed by atoms with Crippen LogP contribution in [0.15, 0.2) is 12.7 Å². The SMILES string of the molecule is C=CCO[C@@H]1O[C@H]([C@H](Br)C(=O)O)[C@H]2OC(C)(C)O[C@@H]12. The molecule has 1 N–H and O–H groups in total. The van der Waals surface area contributed by atoms with Crippen LogP contribution in [0.4, 0.5) is 0 Å². The quantitative estimate of drug-likeness (QED) is 0.602. The Morgan fingerprint density at radius 2 is 2.16 bits per heavy atom. The molecule has 2 aliphatic rings. The minimum Gasteiger partial charge on any atom is -0.480 e. The summed E-state index contributed by atoms with van der Waals surface area (Å²) in [6, 6.07) is 0. The smallest absolute Gasteiger partial charge is 0.320 e. The summed E-state index contributed by atoms with van der Waals surface area (Å²) in [5.41, 5.74) is 0. The van der Waals surface area contributed by atoms with Gasteiger partial charge >= 0.3 is 5.97 Å². The van der Waals surface area contributed by atoms with E-state index in [-0.39, 0.29) is 0 Å². The van der Waals surface area contributed by atoms with Gasteiger partial charge in [0.05, 0.1) is 6.61 Å². The molecular formula is C12H17BrO6. The van der Waals surface area contributed by atoms with Gasteiger partial charge in [0.1, 0.15) is 23.1 Å². The van der Waals surface area contributed by atoms with E-state index in [0.717, 1.165) is 0 Å². The van der Waals surface area contributed by atoms with Crippen molar-refractivity contribution in [3.63, 3.8) is 0 Å². The van der Waals surface area contributed by atoms with E-state index in [9.17, 15) is 4.79 Å². The first kappa shape index (κ1) is 14.9. The number of alkyl halides is 1. The van der Waals surface area contributed by atoms with Crippen LogP contribution in [-0.4, -0.2) is 52.9 Å². The second kappa shape index (κ2) is 5.49. The van der Waals surface area contributed by atoms with Gasteiger partial charge < -0.3 is 24.1 Å². The first-order valence-corrected chi connectivity index (χ1v) is 6.88. The van der Waals surface area contributed by atoms with E-state index < -0.39 is 41.2 Å². The second-order valence-corrected chi connectivity index (χ2v) is 5.88. The van der Waals surface area contributed by atoms with E-state index in [2.05, 4.69) is 22.5 Å². The fourth-order valence-corrected chi connectivity index (χ4v) is 2.69. The zero-order valence-corrected chi connectivity index (χ0v) is 12.3. The third-order valence-electron chi connectivity index (χ3n) is 2.95. The molecule has 0 aromatic heterocycles. The summed E-state index contributed by atoms with van der Waals surface area (Å²) in [6.07, 6.45) is -0.659. The highest BCUT2D eigenvalue weighted by atomic mass is 79.9. The highest BCUT2D eigenvalue weighted by molar-refractivity contribution is 9.10. The van der Waals surface area contributed by atoms with Gasteiger partial charge in [0, 0.05) is 0 Å². The third kappa shape index (κ3) is 3.00. The van der Waals surface area contributed by atoms with E-state index >= 15 is 0 Å². The number of hydrogen-bond donors (Lipinski definition) is 1. The number of carboxylic acids is 1. The predicted molar refractivity (Wildman–Crippen MR) is 69.0 cm³/mol. The molecule has 5 atom stereocenters. The van der Waals surface area contributed by atoms with E-state index in [1.807, 2.05) is 0 Å². The molecule has 0 aromatic rings. The second-order valence-electron chi connectivity index (χ2n) is 4.90. The van der Waals surface area contributed by atoms with E-state index in [1.54, 1.807) is 19.9 Å². The Morgan fingerprint density at radius 3 is 2.74 bits per heavy atom. The number of carboxylic acid groups (broad SMARTS) is 1. The minimum atomic E-state index is -1.01. The Labute approximate surface area is 119 Å². The van der Waals surface area contributed by atoms with Crippen molar-refractivity contribution in [2.75, 3.05) is 6.61 Å². The number of aliphatic carboxylic acids is 1. The molecule has 0 aromatic carbocycles. The molecule has 0 unspecified atom stereocenters. The van der Waals surface area contributed by atoms with Gasteiger partial charge in [0.2, 0.25) is 0 Å². The molecule has 2 heterocycles. The van der Waals surface area contributed by atoms with Crippen LogP contribution in [0.5, 0.6) is 0 Å². The molecule has 19 heavy (non-hydrogen) atoms. The van der Waals surface area contributed by atoms with Crippen LogP contribution in [0.3, 0.4) is 0 Å². The Balaban J connectivity index is 2.14. The Bertz CT molecular complexity index is 371.